The summed E-state index contributed by atoms with van der Waals surface area (Å²) in [7, 11) is 0. The average Bonchev–Trinajstić information content (AvgIpc) is 2.14. The first-order valence-electron chi connectivity index (χ1n) is 5.33. The number of hydrogen-bond acceptors (Lipinski definition) is 3. The highest BCUT2D eigenvalue weighted by Gasteiger charge is 2.12. The number of nitrogens with two attached hydrogens (primary N) is 1. The smallest absolute Gasteiger partial charge is 0.00183 e. The zero-order valence-electron chi connectivity index (χ0n) is 8.59. The predicted octanol–water partition coefficient (Wildman–Crippen LogP) is 1.46. The summed E-state index contributed by atoms with van der Waals surface area (Å²) in [5.41, 5.74) is 5.69. The Morgan fingerprint density at radius 2 is 2.46 bits per heavy atom. The molecule has 1 rings (SSSR count). The van der Waals surface area contributed by atoms with Crippen LogP contribution in [0.3, 0.4) is 0 Å². The fraction of sp³-hybridized carbons (Fsp3) is 1.00. The van der Waals surface area contributed by atoms with Crippen LogP contribution in [0, 0.1) is 5.92 Å². The molecule has 1 heterocycles. The van der Waals surface area contributed by atoms with E-state index >= 15 is 0 Å². The van der Waals surface area contributed by atoms with Crippen molar-refractivity contribution in [1.82, 2.24) is 5.32 Å². The van der Waals surface area contributed by atoms with Crippen LogP contribution in [0.25, 0.3) is 0 Å². The van der Waals surface area contributed by atoms with Crippen molar-refractivity contribution in [3.63, 3.8) is 0 Å². The molecule has 13 heavy (non-hydrogen) atoms. The molecule has 3 N–H and O–H groups in total. The molecule has 0 bridgehead atoms. The second-order valence-corrected chi connectivity index (χ2v) is 5.20. The maximum absolute atomic E-state index is 5.69. The highest BCUT2D eigenvalue weighted by atomic mass is 32.2. The Labute approximate surface area is 86.0 Å². The van der Waals surface area contributed by atoms with Crippen molar-refractivity contribution < 1.29 is 0 Å². The second-order valence-electron chi connectivity index (χ2n) is 4.05. The van der Waals surface area contributed by atoms with Crippen LogP contribution in [-0.2, 0) is 0 Å². The summed E-state index contributed by atoms with van der Waals surface area (Å²) in [5.74, 6) is 3.46. The predicted molar refractivity (Wildman–Crippen MR) is 61.2 cm³/mol. The highest BCUT2D eigenvalue weighted by Crippen LogP contribution is 2.16. The van der Waals surface area contributed by atoms with E-state index in [1.165, 1.54) is 37.4 Å². The minimum Gasteiger partial charge on any atom is -0.328 e. The van der Waals surface area contributed by atoms with Gasteiger partial charge in [0, 0.05) is 6.04 Å². The van der Waals surface area contributed by atoms with Crippen LogP contribution < -0.4 is 11.1 Å². The third kappa shape index (κ3) is 5.55. The van der Waals surface area contributed by atoms with E-state index in [0.29, 0.717) is 6.04 Å². The van der Waals surface area contributed by atoms with Crippen molar-refractivity contribution in [1.29, 1.82) is 0 Å². The van der Waals surface area contributed by atoms with Crippen LogP contribution >= 0.6 is 11.8 Å². The van der Waals surface area contributed by atoms with Gasteiger partial charge in [0.15, 0.2) is 0 Å². The normalized spacial score (nSPS) is 25.8. The van der Waals surface area contributed by atoms with Gasteiger partial charge < -0.3 is 11.1 Å². The molecule has 0 aromatic heterocycles. The van der Waals surface area contributed by atoms with Crippen molar-refractivity contribution in [2.75, 3.05) is 24.6 Å². The lowest BCUT2D eigenvalue weighted by molar-refractivity contribution is 0.410. The second kappa shape index (κ2) is 6.68. The van der Waals surface area contributed by atoms with Gasteiger partial charge in [-0.3, -0.25) is 0 Å². The highest BCUT2D eigenvalue weighted by molar-refractivity contribution is 7.99. The average molecular weight is 202 g/mol. The number of hydrogen-bond donors (Lipinski definition) is 2. The molecule has 78 valence electrons. The monoisotopic (exact) mass is 202 g/mol. The summed E-state index contributed by atoms with van der Waals surface area (Å²) in [5, 5.41) is 3.45. The minimum atomic E-state index is 0.372. The topological polar surface area (TPSA) is 38.0 Å². The fourth-order valence-corrected chi connectivity index (χ4v) is 2.91. The van der Waals surface area contributed by atoms with E-state index in [2.05, 4.69) is 24.0 Å². The molecule has 0 spiro atoms. The fourth-order valence-electron chi connectivity index (χ4n) is 1.59. The molecule has 1 aliphatic heterocycles. The van der Waals surface area contributed by atoms with Crippen LogP contribution in [0.15, 0.2) is 0 Å². The van der Waals surface area contributed by atoms with Crippen LogP contribution in [0.4, 0.5) is 0 Å². The summed E-state index contributed by atoms with van der Waals surface area (Å²) in [4.78, 5) is 0. The first-order chi connectivity index (χ1) is 6.29. The molecule has 0 aliphatic carbocycles. The molecule has 2 unspecified atom stereocenters. The lowest BCUT2D eigenvalue weighted by atomic mass is 10.0. The van der Waals surface area contributed by atoms with Crippen molar-refractivity contribution >= 4 is 11.8 Å². The van der Waals surface area contributed by atoms with E-state index in [9.17, 15) is 0 Å². The molecule has 0 saturated carbocycles. The van der Waals surface area contributed by atoms with E-state index in [1.54, 1.807) is 0 Å². The Morgan fingerprint density at radius 3 is 3.08 bits per heavy atom. The molecule has 0 aromatic rings. The maximum Gasteiger partial charge on any atom is 0.00183 e. The zero-order valence-corrected chi connectivity index (χ0v) is 9.41. The molecular formula is C10H22N2S. The third-order valence-corrected chi connectivity index (χ3v) is 3.70. The number of thioether (sulfide) groups is 1. The Hall–Kier alpha value is 0.270. The Bertz CT molecular complexity index is 122. The van der Waals surface area contributed by atoms with E-state index < -0.39 is 0 Å². The van der Waals surface area contributed by atoms with Gasteiger partial charge in [0.05, 0.1) is 0 Å². The summed E-state index contributed by atoms with van der Waals surface area (Å²) in [6.07, 6.45) is 3.93. The van der Waals surface area contributed by atoms with E-state index in [1.807, 2.05) is 0 Å². The molecule has 2 nitrogen and oxygen atoms in total. The molecule has 2 atom stereocenters. The Kier molecular flexibility index (Phi) is 5.83. The molecule has 1 fully saturated rings. The van der Waals surface area contributed by atoms with Crippen molar-refractivity contribution in [3.05, 3.63) is 0 Å². The number of nitrogens with one attached hydrogen (secondary N) is 1. The molecule has 1 aliphatic rings. The van der Waals surface area contributed by atoms with Gasteiger partial charge in [-0.05, 0) is 56.7 Å². The Morgan fingerprint density at radius 1 is 1.62 bits per heavy atom. The molecule has 0 radical (unpaired) electrons. The minimum absolute atomic E-state index is 0.372. The quantitative estimate of drug-likeness (QED) is 0.663. The van der Waals surface area contributed by atoms with Gasteiger partial charge in [0.2, 0.25) is 0 Å². The number of rotatable bonds is 5. The first-order valence-corrected chi connectivity index (χ1v) is 6.48. The van der Waals surface area contributed by atoms with Gasteiger partial charge in [-0.1, -0.05) is 0 Å². The van der Waals surface area contributed by atoms with Gasteiger partial charge >= 0.3 is 0 Å². The van der Waals surface area contributed by atoms with Crippen LogP contribution in [0.1, 0.15) is 26.2 Å². The first kappa shape index (κ1) is 11.3. The van der Waals surface area contributed by atoms with Crippen LogP contribution in [-0.4, -0.2) is 30.6 Å². The summed E-state index contributed by atoms with van der Waals surface area (Å²) >= 11 is 2.07. The van der Waals surface area contributed by atoms with Gasteiger partial charge in [-0.2, -0.15) is 11.8 Å². The lowest BCUT2D eigenvalue weighted by Gasteiger charge is -2.22. The van der Waals surface area contributed by atoms with Crippen LogP contribution in [0.2, 0.25) is 0 Å². The zero-order chi connectivity index (χ0) is 9.52. The van der Waals surface area contributed by atoms with Crippen LogP contribution in [0.5, 0.6) is 0 Å². The molecule has 0 aromatic carbocycles. The Balaban J connectivity index is 1.92. The molecule has 3 heteroatoms. The van der Waals surface area contributed by atoms with Gasteiger partial charge in [-0.25, -0.2) is 0 Å². The van der Waals surface area contributed by atoms with E-state index in [4.69, 9.17) is 5.73 Å². The third-order valence-electron chi connectivity index (χ3n) is 2.47. The largest absolute Gasteiger partial charge is 0.328 e. The lowest BCUT2D eigenvalue weighted by Crippen LogP contribution is -2.31. The van der Waals surface area contributed by atoms with Crippen molar-refractivity contribution in [2.45, 2.75) is 32.2 Å². The SMILES string of the molecule is CC(N)CCSCC1CCCNC1. The van der Waals surface area contributed by atoms with Crippen molar-refractivity contribution in [2.24, 2.45) is 11.7 Å². The maximum atomic E-state index is 5.69. The van der Waals surface area contributed by atoms with Gasteiger partial charge in [-0.15, -0.1) is 0 Å². The summed E-state index contributed by atoms with van der Waals surface area (Å²) in [6, 6.07) is 0.372. The van der Waals surface area contributed by atoms with Gasteiger partial charge in [0.1, 0.15) is 0 Å². The van der Waals surface area contributed by atoms with E-state index in [0.717, 1.165) is 12.3 Å². The summed E-state index contributed by atoms with van der Waals surface area (Å²) < 4.78 is 0. The molecule has 0 amide bonds. The van der Waals surface area contributed by atoms with Gasteiger partial charge in [0.25, 0.3) is 0 Å². The van der Waals surface area contributed by atoms with Crippen molar-refractivity contribution in [3.8, 4) is 0 Å². The summed E-state index contributed by atoms with van der Waals surface area (Å²) in [6.45, 7) is 4.54. The standard InChI is InChI=1S/C10H22N2S/c1-9(11)4-6-13-8-10-3-2-5-12-7-10/h9-10,12H,2-8,11H2,1H3. The van der Waals surface area contributed by atoms with E-state index in [-0.39, 0.29) is 0 Å². The number of piperidine rings is 1. The molecular weight excluding hydrogens is 180 g/mol. The molecule has 1 saturated heterocycles.